The molecular weight excluding hydrogens is 467 g/mol. The van der Waals surface area contributed by atoms with Crippen molar-refractivity contribution in [1.82, 2.24) is 19.7 Å². The van der Waals surface area contributed by atoms with E-state index in [2.05, 4.69) is 20.4 Å². The van der Waals surface area contributed by atoms with Crippen LogP contribution in [-0.4, -0.2) is 25.7 Å². The summed E-state index contributed by atoms with van der Waals surface area (Å²) in [7, 11) is 0. The molecule has 0 spiro atoms. The smallest absolute Gasteiger partial charge is 0.268 e. The van der Waals surface area contributed by atoms with Crippen LogP contribution in [0.2, 0.25) is 10.0 Å². The van der Waals surface area contributed by atoms with E-state index in [-0.39, 0.29) is 5.57 Å². The van der Waals surface area contributed by atoms with Crippen molar-refractivity contribution in [2.75, 3.05) is 5.32 Å². The summed E-state index contributed by atoms with van der Waals surface area (Å²) in [6, 6.07) is 14.5. The number of aromatic nitrogens is 4. The second-order valence-corrected chi connectivity index (χ2v) is 8.53. The largest absolute Gasteiger partial charge is 0.297 e. The molecule has 2 aromatic heterocycles. The fraction of sp³-hybridized carbons (Fsp3) is 0.0455. The first-order valence-corrected chi connectivity index (χ1v) is 10.9. The lowest BCUT2D eigenvalue weighted by Gasteiger charge is -2.06. The normalized spacial score (nSPS) is 11.2. The van der Waals surface area contributed by atoms with E-state index in [1.165, 1.54) is 23.7 Å². The third kappa shape index (κ3) is 5.03. The summed E-state index contributed by atoms with van der Waals surface area (Å²) in [4.78, 5) is 21.8. The molecule has 10 heteroatoms. The molecule has 0 saturated heterocycles. The molecule has 0 aliphatic heterocycles. The van der Waals surface area contributed by atoms with Gasteiger partial charge in [0.25, 0.3) is 5.91 Å². The second-order valence-electron chi connectivity index (χ2n) is 6.57. The lowest BCUT2D eigenvalue weighted by Crippen LogP contribution is -2.13. The van der Waals surface area contributed by atoms with E-state index in [1.54, 1.807) is 41.5 Å². The van der Waals surface area contributed by atoms with Gasteiger partial charge in [-0.2, -0.15) is 10.4 Å². The van der Waals surface area contributed by atoms with Crippen molar-refractivity contribution in [3.8, 4) is 11.8 Å². The number of rotatable bonds is 6. The molecule has 0 atom stereocenters. The average molecular weight is 481 g/mol. The van der Waals surface area contributed by atoms with Crippen LogP contribution in [0, 0.1) is 11.3 Å². The Morgan fingerprint density at radius 2 is 2.09 bits per heavy atom. The van der Waals surface area contributed by atoms with Gasteiger partial charge in [0.05, 0.1) is 5.69 Å². The van der Waals surface area contributed by atoms with E-state index in [4.69, 9.17) is 23.2 Å². The monoisotopic (exact) mass is 480 g/mol. The van der Waals surface area contributed by atoms with Gasteiger partial charge in [0, 0.05) is 33.1 Å². The number of nitrogens with zero attached hydrogens (tertiary/aromatic N) is 5. The summed E-state index contributed by atoms with van der Waals surface area (Å²) in [6.45, 7) is 0. The molecule has 4 aromatic rings. The van der Waals surface area contributed by atoms with Crippen LogP contribution in [0.4, 0.5) is 5.13 Å². The van der Waals surface area contributed by atoms with Crippen molar-refractivity contribution >= 4 is 51.7 Å². The molecule has 32 heavy (non-hydrogen) atoms. The van der Waals surface area contributed by atoms with Crippen LogP contribution < -0.4 is 5.32 Å². The third-order valence-corrected chi connectivity index (χ3v) is 5.93. The van der Waals surface area contributed by atoms with Crippen LogP contribution >= 0.6 is 34.5 Å². The molecule has 0 aliphatic rings. The molecule has 0 bridgehead atoms. The maximum absolute atomic E-state index is 12.7. The third-order valence-electron chi connectivity index (χ3n) is 4.41. The number of carbonyl (C=O) groups is 1. The summed E-state index contributed by atoms with van der Waals surface area (Å²) in [5.74, 6) is -0.553. The first-order valence-electron chi connectivity index (χ1n) is 9.29. The number of nitrogens with one attached hydrogen (secondary N) is 1. The van der Waals surface area contributed by atoms with Crippen LogP contribution in [-0.2, 0) is 11.2 Å². The van der Waals surface area contributed by atoms with Gasteiger partial charge in [-0.05, 0) is 35.9 Å². The van der Waals surface area contributed by atoms with E-state index in [1.807, 2.05) is 24.3 Å². The molecule has 0 fully saturated rings. The van der Waals surface area contributed by atoms with Crippen molar-refractivity contribution < 1.29 is 4.79 Å². The van der Waals surface area contributed by atoms with Gasteiger partial charge < -0.3 is 0 Å². The number of thiazole rings is 1. The highest BCUT2D eigenvalue weighted by Gasteiger charge is 2.14. The van der Waals surface area contributed by atoms with Crippen LogP contribution in [0.3, 0.4) is 0 Å². The van der Waals surface area contributed by atoms with Gasteiger partial charge in [0.2, 0.25) is 0 Å². The number of anilines is 1. The molecule has 1 N–H and O–H groups in total. The lowest BCUT2D eigenvalue weighted by molar-refractivity contribution is -0.112. The molecule has 7 nitrogen and oxygen atoms in total. The molecule has 1 amide bonds. The van der Waals surface area contributed by atoms with Crippen LogP contribution in [0.1, 0.15) is 16.0 Å². The van der Waals surface area contributed by atoms with Crippen molar-refractivity contribution in [2.24, 2.45) is 0 Å². The Labute approximate surface area is 197 Å². The number of nitriles is 1. The highest BCUT2D eigenvalue weighted by Crippen LogP contribution is 2.27. The van der Waals surface area contributed by atoms with E-state index >= 15 is 0 Å². The van der Waals surface area contributed by atoms with Gasteiger partial charge in [0.1, 0.15) is 24.3 Å². The Morgan fingerprint density at radius 3 is 2.88 bits per heavy atom. The predicted molar refractivity (Wildman–Crippen MR) is 125 cm³/mol. The number of hydrogen-bond donors (Lipinski definition) is 1. The van der Waals surface area contributed by atoms with Gasteiger partial charge in [0.15, 0.2) is 5.13 Å². The van der Waals surface area contributed by atoms with Crippen molar-refractivity contribution in [2.45, 2.75) is 6.42 Å². The average Bonchev–Trinajstić information content (AvgIpc) is 3.47. The zero-order valence-electron chi connectivity index (χ0n) is 16.4. The molecule has 0 unspecified atom stereocenters. The van der Waals surface area contributed by atoms with E-state index in [0.717, 1.165) is 10.4 Å². The Bertz CT molecular complexity index is 1340. The topological polar surface area (TPSA) is 96.5 Å². The highest BCUT2D eigenvalue weighted by atomic mass is 35.5. The number of halogens is 2. The quantitative estimate of drug-likeness (QED) is 0.303. The first kappa shape index (κ1) is 21.7. The molecule has 4 rings (SSSR count). The van der Waals surface area contributed by atoms with Crippen molar-refractivity contribution in [3.63, 3.8) is 0 Å². The summed E-state index contributed by atoms with van der Waals surface area (Å²) in [6.07, 6.45) is 6.65. The summed E-state index contributed by atoms with van der Waals surface area (Å²) < 4.78 is 1.56. The zero-order valence-corrected chi connectivity index (χ0v) is 18.7. The maximum Gasteiger partial charge on any atom is 0.268 e. The summed E-state index contributed by atoms with van der Waals surface area (Å²) in [5.41, 5.74) is 2.15. The Hall–Kier alpha value is -3.51. The van der Waals surface area contributed by atoms with E-state index in [9.17, 15) is 10.1 Å². The number of carbonyl (C=O) groups excluding carboxylic acids is 1. The molecule has 0 aliphatic carbocycles. The van der Waals surface area contributed by atoms with Gasteiger partial charge in [-0.15, -0.1) is 11.3 Å². The van der Waals surface area contributed by atoms with Gasteiger partial charge in [-0.1, -0.05) is 41.4 Å². The van der Waals surface area contributed by atoms with Crippen LogP contribution in [0.25, 0.3) is 11.8 Å². The zero-order chi connectivity index (χ0) is 22.5. The van der Waals surface area contributed by atoms with Crippen LogP contribution in [0.15, 0.2) is 66.9 Å². The fourth-order valence-electron chi connectivity index (χ4n) is 2.93. The Morgan fingerprint density at radius 1 is 1.25 bits per heavy atom. The van der Waals surface area contributed by atoms with Crippen molar-refractivity contribution in [1.29, 1.82) is 5.26 Å². The maximum atomic E-state index is 12.7. The number of amides is 1. The molecule has 2 heterocycles. The molecule has 0 saturated carbocycles. The lowest BCUT2D eigenvalue weighted by atomic mass is 10.1. The van der Waals surface area contributed by atoms with Crippen LogP contribution in [0.5, 0.6) is 0 Å². The fourth-order valence-corrected chi connectivity index (χ4v) is 4.14. The standard InChI is InChI=1S/C22H14Cl2N6OS/c23-17-5-6-19(24)15(8-17)9-18-11-27-22(32-18)29-21(31)16(10-25)7-14-3-1-2-4-20(14)30-13-26-12-28-30/h1-8,11-13H,9H2,(H,27,29,31)/b16-7+. The Kier molecular flexibility index (Phi) is 6.61. The number of para-hydroxylation sites is 1. The van der Waals surface area contributed by atoms with Gasteiger partial charge in [-0.3, -0.25) is 10.1 Å². The SMILES string of the molecule is N#C/C(=C\c1ccccc1-n1cncn1)C(=O)Nc1ncc(Cc2cc(Cl)ccc2Cl)s1. The predicted octanol–water partition coefficient (Wildman–Crippen LogP) is 5.17. The molecular formula is C22H14Cl2N6OS. The summed E-state index contributed by atoms with van der Waals surface area (Å²) >= 11 is 13.6. The molecule has 158 valence electrons. The van der Waals surface area contributed by atoms with Gasteiger partial charge in [-0.25, -0.2) is 14.6 Å². The highest BCUT2D eigenvalue weighted by molar-refractivity contribution is 7.15. The van der Waals surface area contributed by atoms with E-state index < -0.39 is 5.91 Å². The van der Waals surface area contributed by atoms with Crippen molar-refractivity contribution in [3.05, 3.63) is 92.9 Å². The molecule has 2 aromatic carbocycles. The number of hydrogen-bond acceptors (Lipinski definition) is 6. The summed E-state index contributed by atoms with van der Waals surface area (Å²) in [5, 5.41) is 17.9. The Balaban J connectivity index is 1.52. The van der Waals surface area contributed by atoms with Gasteiger partial charge >= 0.3 is 0 Å². The first-order chi connectivity index (χ1) is 15.5. The second kappa shape index (κ2) is 9.75. The minimum absolute atomic E-state index is 0.0628. The minimum Gasteiger partial charge on any atom is -0.297 e. The molecule has 0 radical (unpaired) electrons. The van der Waals surface area contributed by atoms with E-state index in [0.29, 0.717) is 32.8 Å². The number of benzene rings is 2. The minimum atomic E-state index is -0.553.